The third-order valence-corrected chi connectivity index (χ3v) is 4.80. The molecule has 0 radical (unpaired) electrons. The lowest BCUT2D eigenvalue weighted by molar-refractivity contribution is -0.132. The molecular weight excluding hydrogens is 230 g/mol. The summed E-state index contributed by atoms with van der Waals surface area (Å²) in [6, 6.07) is 0. The zero-order chi connectivity index (χ0) is 12.3. The highest BCUT2D eigenvalue weighted by atomic mass is 32.2. The summed E-state index contributed by atoms with van der Waals surface area (Å²) in [6.45, 7) is 3.82. The lowest BCUT2D eigenvalue weighted by Crippen LogP contribution is -2.42. The minimum atomic E-state index is -3.34. The molecule has 1 aliphatic rings. The summed E-state index contributed by atoms with van der Waals surface area (Å²) in [7, 11) is -3.34. The molecule has 0 N–H and O–H groups in total. The van der Waals surface area contributed by atoms with Crippen molar-refractivity contribution in [1.29, 1.82) is 0 Å². The van der Waals surface area contributed by atoms with E-state index in [1.165, 1.54) is 4.90 Å². The third-order valence-electron chi connectivity index (χ3n) is 2.72. The van der Waals surface area contributed by atoms with E-state index in [1.54, 1.807) is 13.8 Å². The standard InChI is InChI=1S/C10H17NO4S/c1-8(2)16(14,15)7-10(13)11-5-3-9(12)4-6-11/h8H,3-7H2,1-2H3. The molecule has 0 spiro atoms. The molecule has 92 valence electrons. The molecule has 1 saturated heterocycles. The van der Waals surface area contributed by atoms with Gasteiger partial charge in [-0.2, -0.15) is 0 Å². The van der Waals surface area contributed by atoms with E-state index in [9.17, 15) is 18.0 Å². The molecule has 16 heavy (non-hydrogen) atoms. The van der Waals surface area contributed by atoms with Gasteiger partial charge in [0.25, 0.3) is 0 Å². The predicted molar refractivity (Wildman–Crippen MR) is 59.7 cm³/mol. The Kier molecular flexibility index (Phi) is 4.07. The summed E-state index contributed by atoms with van der Waals surface area (Å²) >= 11 is 0. The number of sulfone groups is 1. The molecule has 0 atom stereocenters. The summed E-state index contributed by atoms with van der Waals surface area (Å²) < 4.78 is 23.1. The number of Topliss-reactive ketones (excluding diaryl/α,β-unsaturated/α-hetero) is 1. The van der Waals surface area contributed by atoms with Crippen LogP contribution in [0.2, 0.25) is 0 Å². The van der Waals surface area contributed by atoms with Crippen molar-refractivity contribution < 1.29 is 18.0 Å². The van der Waals surface area contributed by atoms with Crippen molar-refractivity contribution in [1.82, 2.24) is 4.90 Å². The molecule has 0 aromatic heterocycles. The van der Waals surface area contributed by atoms with Crippen LogP contribution in [-0.2, 0) is 19.4 Å². The number of piperidine rings is 1. The first-order valence-corrected chi connectivity index (χ1v) is 7.05. The van der Waals surface area contributed by atoms with Crippen LogP contribution in [0.4, 0.5) is 0 Å². The van der Waals surface area contributed by atoms with Crippen molar-refractivity contribution in [3.8, 4) is 0 Å². The Labute approximate surface area is 95.7 Å². The number of nitrogens with zero attached hydrogens (tertiary/aromatic N) is 1. The Morgan fingerprint density at radius 2 is 1.81 bits per heavy atom. The van der Waals surface area contributed by atoms with Gasteiger partial charge in [-0.25, -0.2) is 8.42 Å². The minimum Gasteiger partial charge on any atom is -0.341 e. The number of ketones is 1. The van der Waals surface area contributed by atoms with E-state index in [0.29, 0.717) is 25.9 Å². The van der Waals surface area contributed by atoms with Gasteiger partial charge in [0.05, 0.1) is 5.25 Å². The van der Waals surface area contributed by atoms with E-state index in [2.05, 4.69) is 0 Å². The summed E-state index contributed by atoms with van der Waals surface area (Å²) in [5, 5.41) is -0.539. The van der Waals surface area contributed by atoms with Gasteiger partial charge >= 0.3 is 0 Å². The highest BCUT2D eigenvalue weighted by Gasteiger charge is 2.26. The van der Waals surface area contributed by atoms with E-state index in [-0.39, 0.29) is 11.7 Å². The second-order valence-corrected chi connectivity index (χ2v) is 6.83. The second-order valence-electron chi connectivity index (χ2n) is 4.28. The van der Waals surface area contributed by atoms with Gasteiger partial charge in [-0.15, -0.1) is 0 Å². The molecule has 0 saturated carbocycles. The van der Waals surface area contributed by atoms with Crippen molar-refractivity contribution in [3.05, 3.63) is 0 Å². The van der Waals surface area contributed by atoms with E-state index in [4.69, 9.17) is 0 Å². The van der Waals surface area contributed by atoms with Crippen molar-refractivity contribution in [2.75, 3.05) is 18.8 Å². The van der Waals surface area contributed by atoms with Crippen LogP contribution >= 0.6 is 0 Å². The molecule has 6 heteroatoms. The van der Waals surface area contributed by atoms with Crippen molar-refractivity contribution in [2.24, 2.45) is 0 Å². The molecule has 0 unspecified atom stereocenters. The monoisotopic (exact) mass is 247 g/mol. The van der Waals surface area contributed by atoms with Gasteiger partial charge in [-0.1, -0.05) is 0 Å². The van der Waals surface area contributed by atoms with Crippen molar-refractivity contribution >= 4 is 21.5 Å². The number of hydrogen-bond acceptors (Lipinski definition) is 4. The molecule has 5 nitrogen and oxygen atoms in total. The Hall–Kier alpha value is -0.910. The fourth-order valence-corrected chi connectivity index (χ4v) is 2.30. The smallest absolute Gasteiger partial charge is 0.237 e. The topological polar surface area (TPSA) is 71.5 Å². The van der Waals surface area contributed by atoms with E-state index in [1.807, 2.05) is 0 Å². The molecule has 0 aliphatic carbocycles. The van der Waals surface area contributed by atoms with Gasteiger partial charge in [0.15, 0.2) is 9.84 Å². The molecule has 1 heterocycles. The fourth-order valence-electron chi connectivity index (χ4n) is 1.44. The largest absolute Gasteiger partial charge is 0.341 e. The van der Waals surface area contributed by atoms with Crippen LogP contribution < -0.4 is 0 Å². The summed E-state index contributed by atoms with van der Waals surface area (Å²) in [5.74, 6) is -0.698. The van der Waals surface area contributed by atoms with Crippen LogP contribution in [0.3, 0.4) is 0 Å². The van der Waals surface area contributed by atoms with Crippen LogP contribution in [0.5, 0.6) is 0 Å². The van der Waals surface area contributed by atoms with Gasteiger partial charge < -0.3 is 4.90 Å². The number of amides is 1. The molecule has 1 amide bonds. The van der Waals surface area contributed by atoms with Crippen molar-refractivity contribution in [2.45, 2.75) is 31.9 Å². The van der Waals surface area contributed by atoms with Gasteiger partial charge in [0.1, 0.15) is 11.5 Å². The minimum absolute atomic E-state index is 0.135. The second kappa shape index (κ2) is 4.95. The van der Waals surface area contributed by atoms with Crippen LogP contribution in [0.1, 0.15) is 26.7 Å². The van der Waals surface area contributed by atoms with E-state index in [0.717, 1.165) is 0 Å². The average molecular weight is 247 g/mol. The maximum absolute atomic E-state index is 11.7. The number of hydrogen-bond donors (Lipinski definition) is 0. The Bertz CT molecular complexity index is 376. The molecule has 1 aliphatic heterocycles. The molecule has 1 fully saturated rings. The molecule has 0 aromatic carbocycles. The maximum Gasteiger partial charge on any atom is 0.237 e. The van der Waals surface area contributed by atoms with Gasteiger partial charge in [0.2, 0.25) is 5.91 Å². The Balaban J connectivity index is 2.57. The lowest BCUT2D eigenvalue weighted by atomic mass is 10.1. The van der Waals surface area contributed by atoms with Gasteiger partial charge in [-0.3, -0.25) is 9.59 Å². The average Bonchev–Trinajstić information content (AvgIpc) is 2.17. The van der Waals surface area contributed by atoms with E-state index >= 15 is 0 Å². The maximum atomic E-state index is 11.7. The number of carbonyl (C=O) groups is 2. The lowest BCUT2D eigenvalue weighted by Gasteiger charge is -2.26. The third kappa shape index (κ3) is 3.30. The van der Waals surface area contributed by atoms with Crippen LogP contribution in [-0.4, -0.2) is 49.1 Å². The zero-order valence-electron chi connectivity index (χ0n) is 9.60. The summed E-state index contributed by atoms with van der Waals surface area (Å²) in [6.07, 6.45) is 0.681. The van der Waals surface area contributed by atoms with Crippen molar-refractivity contribution in [3.63, 3.8) is 0 Å². The molecule has 0 bridgehead atoms. The molecule has 0 aromatic rings. The highest BCUT2D eigenvalue weighted by molar-refractivity contribution is 7.92. The summed E-state index contributed by atoms with van der Waals surface area (Å²) in [5.41, 5.74) is 0. The van der Waals surface area contributed by atoms with E-state index < -0.39 is 20.8 Å². The first kappa shape index (κ1) is 13.2. The number of likely N-dealkylation sites (tertiary alicyclic amines) is 1. The molecular formula is C10H17NO4S. The first-order valence-electron chi connectivity index (χ1n) is 5.34. The predicted octanol–water partition coefficient (Wildman–Crippen LogP) is 0.00110. The number of rotatable bonds is 3. The van der Waals surface area contributed by atoms with Crippen LogP contribution in [0, 0.1) is 0 Å². The molecule has 1 rings (SSSR count). The zero-order valence-corrected chi connectivity index (χ0v) is 10.4. The number of carbonyl (C=O) groups excluding carboxylic acids is 2. The van der Waals surface area contributed by atoms with Crippen LogP contribution in [0.15, 0.2) is 0 Å². The fraction of sp³-hybridized carbons (Fsp3) is 0.800. The Morgan fingerprint density at radius 1 is 1.31 bits per heavy atom. The quantitative estimate of drug-likeness (QED) is 0.704. The van der Waals surface area contributed by atoms with Gasteiger partial charge in [0, 0.05) is 25.9 Å². The Morgan fingerprint density at radius 3 is 2.25 bits per heavy atom. The van der Waals surface area contributed by atoms with Crippen LogP contribution in [0.25, 0.3) is 0 Å². The normalized spacial score (nSPS) is 17.9. The summed E-state index contributed by atoms with van der Waals surface area (Å²) in [4.78, 5) is 24.1. The van der Waals surface area contributed by atoms with Gasteiger partial charge in [-0.05, 0) is 13.8 Å². The first-order chi connectivity index (χ1) is 7.33. The highest BCUT2D eigenvalue weighted by Crippen LogP contribution is 2.08. The SMILES string of the molecule is CC(C)S(=O)(=O)CC(=O)N1CCC(=O)CC1.